The third-order valence-electron chi connectivity index (χ3n) is 5.88. The summed E-state index contributed by atoms with van der Waals surface area (Å²) >= 11 is 0. The summed E-state index contributed by atoms with van der Waals surface area (Å²) in [5, 5.41) is 5.73. The molecule has 2 aromatic rings. The van der Waals surface area contributed by atoms with E-state index in [2.05, 4.69) is 17.6 Å². The number of aryl methyl sites for hydroxylation is 1. The zero-order chi connectivity index (χ0) is 19.7. The van der Waals surface area contributed by atoms with Crippen LogP contribution in [0, 0.1) is 17.2 Å². The Labute approximate surface area is 163 Å². The molecule has 28 heavy (non-hydrogen) atoms. The highest BCUT2D eigenvalue weighted by Crippen LogP contribution is 2.58. The molecule has 2 atom stereocenters. The van der Waals surface area contributed by atoms with Crippen molar-refractivity contribution in [3.05, 3.63) is 59.9 Å². The van der Waals surface area contributed by atoms with E-state index in [-0.39, 0.29) is 29.1 Å². The molecule has 1 aliphatic heterocycles. The monoisotopic (exact) mass is 381 g/mol. The summed E-state index contributed by atoms with van der Waals surface area (Å²) in [6.07, 6.45) is 2.54. The summed E-state index contributed by atoms with van der Waals surface area (Å²) in [4.78, 5) is 26.9. The van der Waals surface area contributed by atoms with Gasteiger partial charge in [-0.15, -0.1) is 0 Å². The first-order valence-corrected chi connectivity index (χ1v) is 9.70. The van der Waals surface area contributed by atoms with Crippen LogP contribution in [0.3, 0.4) is 0 Å². The van der Waals surface area contributed by atoms with Crippen molar-refractivity contribution in [3.8, 4) is 0 Å². The number of carbonyl (C=O) groups excluding carboxylic acids is 2. The third-order valence-corrected chi connectivity index (χ3v) is 5.88. The molecule has 2 aromatic carbocycles. The molecule has 1 spiro atoms. The molecule has 0 aromatic heterocycles. The number of nitrogens with one attached hydrogen (secondary N) is 2. The van der Waals surface area contributed by atoms with Crippen LogP contribution in [0.1, 0.15) is 25.3 Å². The lowest BCUT2D eigenvalue weighted by Gasteiger charge is -2.18. The molecule has 2 N–H and O–H groups in total. The number of amides is 3. The van der Waals surface area contributed by atoms with Gasteiger partial charge in [-0.3, -0.25) is 4.79 Å². The maximum Gasteiger partial charge on any atom is 0.321 e. The third kappa shape index (κ3) is 3.72. The van der Waals surface area contributed by atoms with E-state index in [0.717, 1.165) is 24.9 Å². The van der Waals surface area contributed by atoms with Crippen molar-refractivity contribution in [2.45, 2.75) is 26.2 Å². The number of hydrogen-bond acceptors (Lipinski definition) is 2. The molecule has 4 rings (SSSR count). The molecule has 0 bridgehead atoms. The van der Waals surface area contributed by atoms with E-state index in [9.17, 15) is 14.0 Å². The summed E-state index contributed by atoms with van der Waals surface area (Å²) in [6, 6.07) is 13.6. The number of carbonyl (C=O) groups is 2. The van der Waals surface area contributed by atoms with Crippen LogP contribution >= 0.6 is 0 Å². The van der Waals surface area contributed by atoms with Gasteiger partial charge in [0.2, 0.25) is 5.91 Å². The Bertz CT molecular complexity index is 899. The van der Waals surface area contributed by atoms with E-state index in [1.54, 1.807) is 17.0 Å². The van der Waals surface area contributed by atoms with Gasteiger partial charge in [0, 0.05) is 35.8 Å². The first-order chi connectivity index (χ1) is 13.5. The van der Waals surface area contributed by atoms with Crippen molar-refractivity contribution in [2.24, 2.45) is 11.3 Å². The average Bonchev–Trinajstić information content (AvgIpc) is 3.22. The minimum Gasteiger partial charge on any atom is -0.326 e. The fourth-order valence-corrected chi connectivity index (χ4v) is 4.06. The number of hydrogen-bond donors (Lipinski definition) is 2. The molecule has 146 valence electrons. The SMILES string of the molecule is CCc1ccc(NC(=O)N2CC[C@]3(C[C@H]3C(=O)Nc3cccc(F)c3)C2)cc1. The zero-order valence-corrected chi connectivity index (χ0v) is 15.9. The first kappa shape index (κ1) is 18.5. The van der Waals surface area contributed by atoms with Crippen LogP contribution in [0.4, 0.5) is 20.6 Å². The topological polar surface area (TPSA) is 61.4 Å². The second-order valence-corrected chi connectivity index (χ2v) is 7.77. The molecule has 5 nitrogen and oxygen atoms in total. The fraction of sp³-hybridized carbons (Fsp3) is 0.364. The van der Waals surface area contributed by atoms with Gasteiger partial charge < -0.3 is 15.5 Å². The van der Waals surface area contributed by atoms with Gasteiger partial charge >= 0.3 is 6.03 Å². The van der Waals surface area contributed by atoms with Crippen LogP contribution in [0.25, 0.3) is 0 Å². The number of urea groups is 1. The van der Waals surface area contributed by atoms with Crippen molar-refractivity contribution in [1.82, 2.24) is 4.90 Å². The largest absolute Gasteiger partial charge is 0.326 e. The lowest BCUT2D eigenvalue weighted by Crippen LogP contribution is -2.33. The van der Waals surface area contributed by atoms with Gasteiger partial charge in [-0.1, -0.05) is 25.1 Å². The average molecular weight is 381 g/mol. The molecule has 0 unspecified atom stereocenters. The van der Waals surface area contributed by atoms with Gasteiger partial charge in [0.05, 0.1) is 0 Å². The summed E-state index contributed by atoms with van der Waals surface area (Å²) in [5.74, 6) is -0.598. The molecular formula is C22H24FN3O2. The summed E-state index contributed by atoms with van der Waals surface area (Å²) in [5.41, 5.74) is 2.33. The van der Waals surface area contributed by atoms with Crippen molar-refractivity contribution < 1.29 is 14.0 Å². The Hall–Kier alpha value is -2.89. The van der Waals surface area contributed by atoms with Crippen LogP contribution in [-0.2, 0) is 11.2 Å². The highest BCUT2D eigenvalue weighted by Gasteiger charge is 2.61. The first-order valence-electron chi connectivity index (χ1n) is 9.70. The quantitative estimate of drug-likeness (QED) is 0.831. The molecule has 1 saturated carbocycles. The fourth-order valence-electron chi connectivity index (χ4n) is 4.06. The van der Waals surface area contributed by atoms with E-state index < -0.39 is 0 Å². The Morgan fingerprint density at radius 3 is 2.64 bits per heavy atom. The lowest BCUT2D eigenvalue weighted by atomic mass is 10.0. The number of benzene rings is 2. The van der Waals surface area contributed by atoms with Crippen LogP contribution in [0.5, 0.6) is 0 Å². The second kappa shape index (κ2) is 7.26. The lowest BCUT2D eigenvalue weighted by molar-refractivity contribution is -0.118. The molecule has 2 fully saturated rings. The van der Waals surface area contributed by atoms with E-state index in [0.29, 0.717) is 18.8 Å². The predicted molar refractivity (Wildman–Crippen MR) is 107 cm³/mol. The number of rotatable bonds is 4. The van der Waals surface area contributed by atoms with Crippen LogP contribution < -0.4 is 10.6 Å². The minimum absolute atomic E-state index is 0.0944. The minimum atomic E-state index is -0.376. The van der Waals surface area contributed by atoms with Crippen LogP contribution in [-0.4, -0.2) is 29.9 Å². The second-order valence-electron chi connectivity index (χ2n) is 7.77. The zero-order valence-electron chi connectivity index (χ0n) is 15.9. The summed E-state index contributed by atoms with van der Waals surface area (Å²) < 4.78 is 13.3. The molecule has 3 amide bonds. The van der Waals surface area contributed by atoms with Crippen molar-refractivity contribution in [1.29, 1.82) is 0 Å². The summed E-state index contributed by atoms with van der Waals surface area (Å²) in [7, 11) is 0. The predicted octanol–water partition coefficient (Wildman–Crippen LogP) is 4.27. The van der Waals surface area contributed by atoms with Gasteiger partial charge in [0.15, 0.2) is 0 Å². The maximum absolute atomic E-state index is 13.3. The van der Waals surface area contributed by atoms with Crippen LogP contribution in [0.15, 0.2) is 48.5 Å². The van der Waals surface area contributed by atoms with Gasteiger partial charge in [-0.2, -0.15) is 0 Å². The highest BCUT2D eigenvalue weighted by molar-refractivity contribution is 5.95. The molecule has 2 aliphatic rings. The van der Waals surface area contributed by atoms with Crippen molar-refractivity contribution in [3.63, 3.8) is 0 Å². The standard InChI is InChI=1S/C22H24FN3O2/c1-2-15-6-8-17(9-7-15)25-21(28)26-11-10-22(14-26)13-19(22)20(27)24-18-5-3-4-16(23)12-18/h3-9,12,19H,2,10-11,13-14H2,1H3,(H,24,27)(H,25,28)/t19-,22-/m0/s1. The Balaban J connectivity index is 1.32. The Morgan fingerprint density at radius 1 is 1.14 bits per heavy atom. The summed E-state index contributed by atoms with van der Waals surface area (Å²) in [6.45, 7) is 3.31. The van der Waals surface area contributed by atoms with E-state index in [4.69, 9.17) is 0 Å². The van der Waals surface area contributed by atoms with Gasteiger partial charge in [-0.25, -0.2) is 9.18 Å². The van der Waals surface area contributed by atoms with Crippen molar-refractivity contribution >= 4 is 23.3 Å². The molecule has 1 aliphatic carbocycles. The van der Waals surface area contributed by atoms with Gasteiger partial charge in [0.1, 0.15) is 5.82 Å². The number of nitrogens with zero attached hydrogens (tertiary/aromatic N) is 1. The van der Waals surface area contributed by atoms with E-state index in [1.807, 2.05) is 24.3 Å². The van der Waals surface area contributed by atoms with Crippen LogP contribution in [0.2, 0.25) is 0 Å². The number of halogens is 1. The molecule has 1 heterocycles. The molecule has 1 saturated heterocycles. The molecular weight excluding hydrogens is 357 g/mol. The van der Waals surface area contributed by atoms with Crippen molar-refractivity contribution in [2.75, 3.05) is 23.7 Å². The Kier molecular flexibility index (Phi) is 4.79. The van der Waals surface area contributed by atoms with Gasteiger partial charge in [-0.05, 0) is 55.2 Å². The molecule has 0 radical (unpaired) electrons. The van der Waals surface area contributed by atoms with Gasteiger partial charge in [0.25, 0.3) is 0 Å². The number of likely N-dealkylation sites (tertiary alicyclic amines) is 1. The highest BCUT2D eigenvalue weighted by atomic mass is 19.1. The Morgan fingerprint density at radius 2 is 1.93 bits per heavy atom. The maximum atomic E-state index is 13.3. The van der Waals surface area contributed by atoms with E-state index >= 15 is 0 Å². The number of anilines is 2. The smallest absolute Gasteiger partial charge is 0.321 e. The molecule has 6 heteroatoms. The van der Waals surface area contributed by atoms with E-state index in [1.165, 1.54) is 17.7 Å². The normalized spacial score (nSPS) is 22.9.